The third kappa shape index (κ3) is 3.95. The fraction of sp³-hybridized carbons (Fsp3) is 0.0476. The van der Waals surface area contributed by atoms with Gasteiger partial charge in [0, 0.05) is 49.6 Å². The molecular formula is C42H26S3. The van der Waals surface area contributed by atoms with Gasteiger partial charge in [0.25, 0.3) is 0 Å². The van der Waals surface area contributed by atoms with Crippen molar-refractivity contribution in [2.24, 2.45) is 0 Å². The van der Waals surface area contributed by atoms with Crippen molar-refractivity contribution in [1.29, 1.82) is 0 Å². The summed E-state index contributed by atoms with van der Waals surface area (Å²) in [7, 11) is 0. The van der Waals surface area contributed by atoms with Crippen molar-refractivity contribution in [3.63, 3.8) is 0 Å². The van der Waals surface area contributed by atoms with Crippen LogP contribution in [0, 0.1) is 0 Å². The minimum absolute atomic E-state index is 1.06. The van der Waals surface area contributed by atoms with Gasteiger partial charge in [0.2, 0.25) is 0 Å². The maximum atomic E-state index is 2.47. The molecule has 0 atom stereocenters. The molecule has 1 aliphatic rings. The molecule has 0 fully saturated rings. The van der Waals surface area contributed by atoms with Crippen LogP contribution in [-0.2, 0) is 0 Å². The fourth-order valence-electron chi connectivity index (χ4n) is 7.30. The zero-order valence-corrected chi connectivity index (χ0v) is 26.8. The summed E-state index contributed by atoms with van der Waals surface area (Å²) in [6.07, 6.45) is 4.58. The number of fused-ring (bicyclic) bond motifs is 9. The number of rotatable bonds is 3. The molecule has 0 N–H and O–H groups in total. The number of hydrogen-bond donors (Lipinski definition) is 0. The topological polar surface area (TPSA) is 0 Å². The monoisotopic (exact) mass is 626 g/mol. The summed E-state index contributed by atoms with van der Waals surface area (Å²) in [5, 5.41) is 8.19. The number of thiophene rings is 3. The second-order valence-electron chi connectivity index (χ2n) is 11.9. The van der Waals surface area contributed by atoms with Gasteiger partial charge in [-0.15, -0.1) is 34.0 Å². The average molecular weight is 627 g/mol. The Morgan fingerprint density at radius 2 is 0.911 bits per heavy atom. The van der Waals surface area contributed by atoms with Crippen molar-refractivity contribution in [2.75, 3.05) is 0 Å². The molecule has 0 amide bonds. The molecule has 0 aliphatic heterocycles. The van der Waals surface area contributed by atoms with Crippen LogP contribution in [0.15, 0.2) is 127 Å². The summed E-state index contributed by atoms with van der Waals surface area (Å²) in [4.78, 5) is 0. The quantitative estimate of drug-likeness (QED) is 0.183. The van der Waals surface area contributed by atoms with Crippen molar-refractivity contribution in [3.05, 3.63) is 143 Å². The van der Waals surface area contributed by atoms with E-state index in [0.29, 0.717) is 0 Å². The SMILES string of the molecule is C1=c2c(sc3ccccc23)=C(c2cc(-c3cccc4c3sc3ccccc34)cc(-c3cccc4c3sc3ccccc34)c2)CC1. The Hall–Kier alpha value is -4.54. The lowest BCUT2D eigenvalue weighted by molar-refractivity contribution is 1.09. The molecule has 0 bridgehead atoms. The van der Waals surface area contributed by atoms with E-state index >= 15 is 0 Å². The first-order valence-corrected chi connectivity index (χ1v) is 17.9. The zero-order chi connectivity index (χ0) is 29.5. The van der Waals surface area contributed by atoms with E-state index in [-0.39, 0.29) is 0 Å². The van der Waals surface area contributed by atoms with Crippen LogP contribution in [0.1, 0.15) is 18.4 Å². The van der Waals surface area contributed by atoms with Gasteiger partial charge in [-0.3, -0.25) is 0 Å². The van der Waals surface area contributed by atoms with Crippen LogP contribution in [0.5, 0.6) is 0 Å². The van der Waals surface area contributed by atoms with Gasteiger partial charge in [0.1, 0.15) is 0 Å². The van der Waals surface area contributed by atoms with E-state index in [4.69, 9.17) is 0 Å². The smallest absolute Gasteiger partial charge is 0.0433 e. The van der Waals surface area contributed by atoms with Crippen LogP contribution in [0.2, 0.25) is 0 Å². The van der Waals surface area contributed by atoms with Crippen LogP contribution in [0.25, 0.3) is 84.3 Å². The van der Waals surface area contributed by atoms with E-state index in [1.54, 1.807) is 0 Å². The molecule has 0 saturated carbocycles. The molecule has 212 valence electrons. The summed E-state index contributed by atoms with van der Waals surface area (Å²) in [6.45, 7) is 0. The molecule has 9 aromatic rings. The summed E-state index contributed by atoms with van der Waals surface area (Å²) >= 11 is 5.78. The van der Waals surface area contributed by atoms with Crippen molar-refractivity contribution in [1.82, 2.24) is 0 Å². The molecule has 3 heterocycles. The van der Waals surface area contributed by atoms with E-state index in [0.717, 1.165) is 12.8 Å². The van der Waals surface area contributed by atoms with E-state index in [1.165, 1.54) is 93.6 Å². The Morgan fingerprint density at radius 3 is 1.51 bits per heavy atom. The van der Waals surface area contributed by atoms with Gasteiger partial charge in [-0.25, -0.2) is 0 Å². The maximum Gasteiger partial charge on any atom is 0.0433 e. The molecule has 6 aromatic carbocycles. The molecule has 3 aromatic heterocycles. The van der Waals surface area contributed by atoms with Crippen molar-refractivity contribution >= 4 is 96.1 Å². The Morgan fingerprint density at radius 1 is 0.422 bits per heavy atom. The van der Waals surface area contributed by atoms with Crippen molar-refractivity contribution < 1.29 is 0 Å². The lowest BCUT2D eigenvalue weighted by Crippen LogP contribution is -2.25. The lowest BCUT2D eigenvalue weighted by atomic mass is 9.90. The molecule has 0 spiro atoms. The normalized spacial score (nSPS) is 13.3. The third-order valence-electron chi connectivity index (χ3n) is 9.36. The van der Waals surface area contributed by atoms with Gasteiger partial charge in [-0.05, 0) is 93.2 Å². The first kappa shape index (κ1) is 25.8. The molecule has 0 unspecified atom stereocenters. The maximum absolute atomic E-state index is 2.47. The van der Waals surface area contributed by atoms with Crippen LogP contribution < -0.4 is 9.75 Å². The van der Waals surface area contributed by atoms with Crippen LogP contribution in [0.3, 0.4) is 0 Å². The molecule has 0 nitrogen and oxygen atoms in total. The highest BCUT2D eigenvalue weighted by Gasteiger charge is 2.18. The van der Waals surface area contributed by atoms with E-state index < -0.39 is 0 Å². The predicted octanol–water partition coefficient (Wildman–Crippen LogP) is 11.7. The Kier molecular flexibility index (Phi) is 5.71. The predicted molar refractivity (Wildman–Crippen MR) is 200 cm³/mol. The Balaban J connectivity index is 1.30. The number of hydrogen-bond acceptors (Lipinski definition) is 3. The highest BCUT2D eigenvalue weighted by atomic mass is 32.1. The molecule has 10 rings (SSSR count). The summed E-state index contributed by atoms with van der Waals surface area (Å²) in [5.74, 6) is 0. The lowest BCUT2D eigenvalue weighted by Gasteiger charge is -2.15. The van der Waals surface area contributed by atoms with E-state index in [9.17, 15) is 0 Å². The van der Waals surface area contributed by atoms with E-state index in [1.807, 2.05) is 34.0 Å². The van der Waals surface area contributed by atoms with E-state index in [2.05, 4.69) is 133 Å². The van der Waals surface area contributed by atoms with Crippen LogP contribution >= 0.6 is 34.0 Å². The van der Waals surface area contributed by atoms with Gasteiger partial charge in [0.05, 0.1) is 0 Å². The molecule has 45 heavy (non-hydrogen) atoms. The van der Waals surface area contributed by atoms with Gasteiger partial charge >= 0.3 is 0 Å². The van der Waals surface area contributed by atoms with Gasteiger partial charge in [-0.1, -0.05) is 97.1 Å². The minimum atomic E-state index is 1.06. The zero-order valence-electron chi connectivity index (χ0n) is 24.3. The standard InChI is InChI=1S/C42H26S3/c1-4-19-37-31(10-1)34-16-7-13-28(40(34)43-37)25-22-26(29-14-8-17-35-32-11-2-5-20-38(32)44-41(29)35)24-27(23-25)30-15-9-18-36-33-12-3-6-21-39(33)45-42(30)36/h1-8,10-14,16-24H,9,15H2. The summed E-state index contributed by atoms with van der Waals surface area (Å²) in [6, 6.07) is 47.7. The van der Waals surface area contributed by atoms with Gasteiger partial charge in [-0.2, -0.15) is 0 Å². The number of benzene rings is 6. The Labute approximate surface area is 272 Å². The second-order valence-corrected chi connectivity index (χ2v) is 15.1. The average Bonchev–Trinajstić information content (AvgIpc) is 3.79. The molecular weight excluding hydrogens is 601 g/mol. The third-order valence-corrected chi connectivity index (χ3v) is 13.0. The largest absolute Gasteiger partial charge is 0.135 e. The summed E-state index contributed by atoms with van der Waals surface area (Å²) < 4.78 is 8.24. The first-order valence-electron chi connectivity index (χ1n) is 15.5. The minimum Gasteiger partial charge on any atom is -0.135 e. The van der Waals surface area contributed by atoms with Gasteiger partial charge in [0.15, 0.2) is 0 Å². The fourth-order valence-corrected chi connectivity index (χ4v) is 11.1. The second kappa shape index (κ2) is 9.98. The Bertz CT molecular complexity index is 2640. The molecule has 0 saturated heterocycles. The highest BCUT2D eigenvalue weighted by Crippen LogP contribution is 2.44. The molecule has 1 aliphatic carbocycles. The van der Waals surface area contributed by atoms with Crippen molar-refractivity contribution in [3.8, 4) is 22.3 Å². The van der Waals surface area contributed by atoms with Crippen molar-refractivity contribution in [2.45, 2.75) is 12.8 Å². The highest BCUT2D eigenvalue weighted by molar-refractivity contribution is 7.26. The molecule has 3 heteroatoms. The molecule has 0 radical (unpaired) electrons. The first-order chi connectivity index (χ1) is 22.3. The van der Waals surface area contributed by atoms with Crippen LogP contribution in [0.4, 0.5) is 0 Å². The van der Waals surface area contributed by atoms with Gasteiger partial charge < -0.3 is 0 Å². The summed E-state index contributed by atoms with van der Waals surface area (Å²) in [5.41, 5.74) is 8.05. The van der Waals surface area contributed by atoms with Crippen LogP contribution in [-0.4, -0.2) is 0 Å².